The van der Waals surface area contributed by atoms with Gasteiger partial charge in [-0.25, -0.2) is 9.50 Å². The van der Waals surface area contributed by atoms with Crippen LogP contribution in [0.25, 0.3) is 22.4 Å². The average molecular weight is 499 g/mol. The van der Waals surface area contributed by atoms with E-state index >= 15 is 0 Å². The Bertz CT molecular complexity index is 1640. The van der Waals surface area contributed by atoms with Crippen molar-refractivity contribution in [3.8, 4) is 11.1 Å². The van der Waals surface area contributed by atoms with Crippen LogP contribution in [0, 0.1) is 5.92 Å². The number of aromatic nitrogens is 8. The molecule has 12 heteroatoms. The van der Waals surface area contributed by atoms with E-state index in [2.05, 4.69) is 25.6 Å². The molecular weight excluding hydrogens is 472 g/mol. The second-order valence-electron chi connectivity index (χ2n) is 9.59. The van der Waals surface area contributed by atoms with Gasteiger partial charge in [-0.1, -0.05) is 0 Å². The molecule has 0 bridgehead atoms. The maximum atomic E-state index is 12.1. The van der Waals surface area contributed by atoms with Crippen LogP contribution in [0.1, 0.15) is 37.2 Å². The van der Waals surface area contributed by atoms with Crippen molar-refractivity contribution in [2.45, 2.75) is 32.2 Å². The third-order valence-electron chi connectivity index (χ3n) is 6.56. The first kappa shape index (κ1) is 22.8. The summed E-state index contributed by atoms with van der Waals surface area (Å²) in [7, 11) is 3.45. The van der Waals surface area contributed by atoms with Gasteiger partial charge in [0, 0.05) is 43.5 Å². The van der Waals surface area contributed by atoms with Crippen LogP contribution in [0.2, 0.25) is 0 Å². The van der Waals surface area contributed by atoms with Crippen LogP contribution in [-0.2, 0) is 16.1 Å². The number of amides is 2. The first-order valence-electron chi connectivity index (χ1n) is 12.1. The van der Waals surface area contributed by atoms with E-state index in [4.69, 9.17) is 5.10 Å². The van der Waals surface area contributed by atoms with E-state index in [0.29, 0.717) is 11.5 Å². The molecule has 5 aromatic heterocycles. The van der Waals surface area contributed by atoms with Crippen LogP contribution in [0.3, 0.4) is 0 Å². The Labute approximate surface area is 211 Å². The normalized spacial score (nSPS) is 14.2. The van der Waals surface area contributed by atoms with Crippen LogP contribution >= 0.6 is 0 Å². The number of pyridine rings is 1. The predicted molar refractivity (Wildman–Crippen MR) is 135 cm³/mol. The Morgan fingerprint density at radius 3 is 2.65 bits per heavy atom. The molecule has 5 aromatic rings. The van der Waals surface area contributed by atoms with Gasteiger partial charge in [0.2, 0.25) is 11.8 Å². The van der Waals surface area contributed by atoms with Gasteiger partial charge in [-0.05, 0) is 44.0 Å². The molecule has 1 atom stereocenters. The largest absolute Gasteiger partial charge is 0.347 e. The Kier molecular flexibility index (Phi) is 5.43. The molecule has 37 heavy (non-hydrogen) atoms. The summed E-state index contributed by atoms with van der Waals surface area (Å²) in [4.78, 5) is 30.1. The third-order valence-corrected chi connectivity index (χ3v) is 6.56. The first-order valence-corrected chi connectivity index (χ1v) is 12.1. The molecule has 1 unspecified atom stereocenters. The highest BCUT2D eigenvalue weighted by Crippen LogP contribution is 2.30. The number of rotatable bonds is 7. The fraction of sp³-hybridized carbons (Fsp3) is 0.320. The number of nitrogens with zero attached hydrogens (tertiary/aromatic N) is 9. The molecule has 0 saturated heterocycles. The molecule has 6 rings (SSSR count). The summed E-state index contributed by atoms with van der Waals surface area (Å²) >= 11 is 0. The highest BCUT2D eigenvalue weighted by Gasteiger charge is 2.30. The first-order chi connectivity index (χ1) is 17.9. The van der Waals surface area contributed by atoms with E-state index < -0.39 is 0 Å². The van der Waals surface area contributed by atoms with Gasteiger partial charge < -0.3 is 10.2 Å². The molecule has 1 aliphatic carbocycles. The lowest BCUT2D eigenvalue weighted by Gasteiger charge is -2.10. The third kappa shape index (κ3) is 4.41. The van der Waals surface area contributed by atoms with E-state index in [-0.39, 0.29) is 30.2 Å². The minimum Gasteiger partial charge on any atom is -0.347 e. The Morgan fingerprint density at radius 1 is 1.05 bits per heavy atom. The number of imidazole rings is 1. The number of anilines is 1. The maximum Gasteiger partial charge on any atom is 0.243 e. The highest BCUT2D eigenvalue weighted by atomic mass is 16.2. The Balaban J connectivity index is 1.27. The number of likely N-dealkylation sites (N-methyl/N-ethyl adjacent to an activating group) is 1. The van der Waals surface area contributed by atoms with Crippen LogP contribution in [0.4, 0.5) is 5.82 Å². The molecule has 0 aromatic carbocycles. The van der Waals surface area contributed by atoms with Gasteiger partial charge in [0.25, 0.3) is 0 Å². The zero-order chi connectivity index (χ0) is 25.7. The minimum absolute atomic E-state index is 0.0116. The van der Waals surface area contributed by atoms with E-state index in [1.807, 2.05) is 48.0 Å². The molecule has 5 heterocycles. The van der Waals surface area contributed by atoms with Crippen molar-refractivity contribution in [1.82, 2.24) is 43.9 Å². The number of hydrogen-bond donors (Lipinski definition) is 1. The number of carbonyl (C=O) groups is 2. The van der Waals surface area contributed by atoms with Gasteiger partial charge in [0.1, 0.15) is 12.4 Å². The summed E-state index contributed by atoms with van der Waals surface area (Å²) in [6.45, 7) is 2.20. The summed E-state index contributed by atoms with van der Waals surface area (Å²) in [5.41, 5.74) is 3.98. The summed E-state index contributed by atoms with van der Waals surface area (Å²) in [6.07, 6.45) is 9.16. The lowest BCUT2D eigenvalue weighted by molar-refractivity contribution is -0.129. The fourth-order valence-corrected chi connectivity index (χ4v) is 4.15. The molecule has 0 radical (unpaired) electrons. The molecule has 0 spiro atoms. The SMILES string of the molecule is CC(c1ccc2nc(NC(=O)C3CC3)cn2n1)c1nnc2ccc(-c3cnn(CC(=O)N(C)C)c3)cn12. The van der Waals surface area contributed by atoms with Crippen LogP contribution in [0.15, 0.2) is 49.1 Å². The van der Waals surface area contributed by atoms with Gasteiger partial charge in [0.05, 0.1) is 24.0 Å². The lowest BCUT2D eigenvalue weighted by Crippen LogP contribution is -2.26. The minimum atomic E-state index is -0.165. The fourth-order valence-electron chi connectivity index (χ4n) is 4.15. The van der Waals surface area contributed by atoms with Gasteiger partial charge >= 0.3 is 0 Å². The van der Waals surface area contributed by atoms with Crippen molar-refractivity contribution < 1.29 is 9.59 Å². The monoisotopic (exact) mass is 498 g/mol. The topological polar surface area (TPSA) is 128 Å². The van der Waals surface area contributed by atoms with Crippen molar-refractivity contribution in [2.24, 2.45) is 5.92 Å². The van der Waals surface area contributed by atoms with Crippen LogP contribution in [0.5, 0.6) is 0 Å². The van der Waals surface area contributed by atoms with Crippen molar-refractivity contribution >= 4 is 28.9 Å². The average Bonchev–Trinajstić information content (AvgIpc) is 3.30. The second kappa shape index (κ2) is 8.80. The molecule has 2 amide bonds. The highest BCUT2D eigenvalue weighted by molar-refractivity contribution is 5.93. The predicted octanol–water partition coefficient (Wildman–Crippen LogP) is 2.22. The van der Waals surface area contributed by atoms with E-state index in [9.17, 15) is 9.59 Å². The number of carbonyl (C=O) groups excluding carboxylic acids is 2. The Morgan fingerprint density at radius 2 is 1.86 bits per heavy atom. The van der Waals surface area contributed by atoms with Crippen molar-refractivity contribution in [3.05, 3.63) is 60.6 Å². The lowest BCUT2D eigenvalue weighted by atomic mass is 10.1. The molecule has 0 aliphatic heterocycles. The van der Waals surface area contributed by atoms with Gasteiger partial charge in [0.15, 0.2) is 17.1 Å². The zero-order valence-corrected chi connectivity index (χ0v) is 20.7. The summed E-state index contributed by atoms with van der Waals surface area (Å²) in [5, 5.41) is 20.7. The molecular formula is C25H26N10O2. The summed E-state index contributed by atoms with van der Waals surface area (Å²) in [6, 6.07) is 7.66. The van der Waals surface area contributed by atoms with Crippen molar-refractivity contribution in [1.29, 1.82) is 0 Å². The van der Waals surface area contributed by atoms with Gasteiger partial charge in [-0.3, -0.25) is 18.7 Å². The molecule has 1 aliphatic rings. The quantitative estimate of drug-likeness (QED) is 0.364. The summed E-state index contributed by atoms with van der Waals surface area (Å²) < 4.78 is 5.25. The van der Waals surface area contributed by atoms with E-state index in [1.165, 1.54) is 0 Å². The molecule has 12 nitrogen and oxygen atoms in total. The van der Waals surface area contributed by atoms with E-state index in [1.54, 1.807) is 40.6 Å². The molecule has 1 N–H and O–H groups in total. The number of nitrogens with one attached hydrogen (secondary N) is 1. The standard InChI is InChI=1S/C25H26N10O2/c1-15(19-7-9-21-27-20(13-35(21)31-19)28-25(37)16-4-5-16)24-30-29-22-8-6-17(12-34(22)24)18-10-26-33(11-18)14-23(36)32(2)3/h6-13,15-16H,4-5,14H2,1-3H3,(H,28,37). The summed E-state index contributed by atoms with van der Waals surface area (Å²) in [5.74, 6) is 1.16. The van der Waals surface area contributed by atoms with Crippen LogP contribution in [-0.4, -0.2) is 69.8 Å². The number of fused-ring (bicyclic) bond motifs is 2. The Hall–Kier alpha value is -4.61. The van der Waals surface area contributed by atoms with Crippen molar-refractivity contribution in [3.63, 3.8) is 0 Å². The smallest absolute Gasteiger partial charge is 0.243 e. The number of hydrogen-bond acceptors (Lipinski definition) is 7. The maximum absolute atomic E-state index is 12.1. The molecule has 1 fully saturated rings. The van der Waals surface area contributed by atoms with Crippen LogP contribution < -0.4 is 5.32 Å². The molecule has 1 saturated carbocycles. The van der Waals surface area contributed by atoms with Gasteiger partial charge in [-0.2, -0.15) is 10.2 Å². The molecule has 188 valence electrons. The van der Waals surface area contributed by atoms with Crippen molar-refractivity contribution in [2.75, 3.05) is 19.4 Å². The zero-order valence-electron chi connectivity index (χ0n) is 20.7. The van der Waals surface area contributed by atoms with Gasteiger partial charge in [-0.15, -0.1) is 10.2 Å². The van der Waals surface area contributed by atoms with E-state index in [0.717, 1.165) is 41.1 Å². The second-order valence-corrected chi connectivity index (χ2v) is 9.59.